The Hall–Kier alpha value is -6.20. The zero-order chi connectivity index (χ0) is 29.7. The molecule has 0 bridgehead atoms. The number of para-hydroxylation sites is 1. The number of fused-ring (bicyclic) bond motifs is 6. The fraction of sp³-hybridized carbons (Fsp3) is 0. The van der Waals surface area contributed by atoms with Gasteiger partial charge in [0, 0.05) is 44.4 Å². The maximum atomic E-state index is 4.99. The molecule has 9 rings (SSSR count). The van der Waals surface area contributed by atoms with Crippen LogP contribution in [-0.2, 0) is 0 Å². The lowest BCUT2D eigenvalue weighted by atomic mass is 10.0. The van der Waals surface area contributed by atoms with Gasteiger partial charge in [-0.2, -0.15) is 0 Å². The lowest BCUT2D eigenvalue weighted by Gasteiger charge is -2.13. The zero-order valence-electron chi connectivity index (χ0n) is 24.2. The van der Waals surface area contributed by atoms with Crippen LogP contribution in [0.5, 0.6) is 0 Å². The van der Waals surface area contributed by atoms with Crippen LogP contribution in [0.4, 0.5) is 0 Å². The first-order valence-electron chi connectivity index (χ1n) is 15.0. The first-order valence-corrected chi connectivity index (χ1v) is 15.0. The van der Waals surface area contributed by atoms with Crippen molar-refractivity contribution in [2.45, 2.75) is 0 Å². The molecule has 0 amide bonds. The summed E-state index contributed by atoms with van der Waals surface area (Å²) in [5.74, 6) is 1.94. The van der Waals surface area contributed by atoms with E-state index in [0.717, 1.165) is 60.5 Å². The van der Waals surface area contributed by atoms with E-state index in [9.17, 15) is 0 Å². The van der Waals surface area contributed by atoms with Crippen molar-refractivity contribution < 1.29 is 0 Å². The van der Waals surface area contributed by atoms with Crippen LogP contribution < -0.4 is 0 Å². The van der Waals surface area contributed by atoms with Gasteiger partial charge in [0.1, 0.15) is 0 Å². The van der Waals surface area contributed by atoms with Crippen LogP contribution in [0.1, 0.15) is 0 Å². The second-order valence-electron chi connectivity index (χ2n) is 11.1. The van der Waals surface area contributed by atoms with Crippen LogP contribution >= 0.6 is 0 Å². The molecule has 0 N–H and O–H groups in total. The van der Waals surface area contributed by atoms with E-state index < -0.39 is 0 Å². The van der Waals surface area contributed by atoms with E-state index in [-0.39, 0.29) is 0 Å². The van der Waals surface area contributed by atoms with E-state index in [1.54, 1.807) is 0 Å². The van der Waals surface area contributed by atoms with Gasteiger partial charge in [0.15, 0.2) is 17.5 Å². The molecule has 6 aromatic carbocycles. The number of benzene rings is 6. The van der Waals surface area contributed by atoms with Crippen LogP contribution in [0.25, 0.3) is 83.3 Å². The topological polar surface area (TPSA) is 56.5 Å². The second-order valence-corrected chi connectivity index (χ2v) is 11.1. The van der Waals surface area contributed by atoms with Crippen molar-refractivity contribution in [1.29, 1.82) is 0 Å². The Morgan fingerprint density at radius 1 is 0.422 bits per heavy atom. The monoisotopic (exact) mass is 575 g/mol. The highest BCUT2D eigenvalue weighted by molar-refractivity contribution is 6.14. The van der Waals surface area contributed by atoms with Crippen LogP contribution in [-0.4, -0.2) is 24.5 Å². The molecular weight excluding hydrogens is 550 g/mol. The maximum absolute atomic E-state index is 4.99. The van der Waals surface area contributed by atoms with Crippen LogP contribution in [0.3, 0.4) is 0 Å². The number of hydrogen-bond acceptors (Lipinski definition) is 4. The van der Waals surface area contributed by atoms with E-state index in [4.69, 9.17) is 19.9 Å². The molecule has 210 valence electrons. The predicted molar refractivity (Wildman–Crippen MR) is 183 cm³/mol. The highest BCUT2D eigenvalue weighted by Gasteiger charge is 2.18. The summed E-state index contributed by atoms with van der Waals surface area (Å²) in [4.78, 5) is 19.7. The minimum Gasteiger partial charge on any atom is -0.309 e. The molecule has 5 heteroatoms. The van der Waals surface area contributed by atoms with Gasteiger partial charge < -0.3 is 4.57 Å². The molecule has 0 fully saturated rings. The summed E-state index contributed by atoms with van der Waals surface area (Å²) in [6, 6.07) is 50.2. The molecule has 0 unspecified atom stereocenters. The summed E-state index contributed by atoms with van der Waals surface area (Å²) in [6.07, 6.45) is 1.87. The number of aromatic nitrogens is 5. The molecule has 0 atom stereocenters. The van der Waals surface area contributed by atoms with Crippen LogP contribution in [0, 0.1) is 0 Å². The molecule has 45 heavy (non-hydrogen) atoms. The molecule has 0 spiro atoms. The van der Waals surface area contributed by atoms with Crippen molar-refractivity contribution in [3.8, 4) is 39.9 Å². The maximum Gasteiger partial charge on any atom is 0.164 e. The lowest BCUT2D eigenvalue weighted by Crippen LogP contribution is -2.00. The molecular formula is C40H25N5. The van der Waals surface area contributed by atoms with Gasteiger partial charge in [-0.1, -0.05) is 109 Å². The van der Waals surface area contributed by atoms with Crippen molar-refractivity contribution >= 4 is 43.5 Å². The first kappa shape index (κ1) is 25.3. The number of hydrogen-bond donors (Lipinski definition) is 0. The molecule has 0 radical (unpaired) electrons. The SMILES string of the molecule is c1ccc(-c2nc(-c3ccccc3)nc(-c3ccc4c(c3)c3ccccc3n4-c3cccc4ccc5cccnc5c34)n2)cc1. The van der Waals surface area contributed by atoms with Crippen LogP contribution in [0.15, 0.2) is 152 Å². The first-order chi connectivity index (χ1) is 22.3. The van der Waals surface area contributed by atoms with Crippen molar-refractivity contribution in [3.05, 3.63) is 152 Å². The van der Waals surface area contributed by atoms with E-state index in [2.05, 4.69) is 83.4 Å². The average molecular weight is 576 g/mol. The quantitative estimate of drug-likeness (QED) is 0.196. The Morgan fingerprint density at radius 2 is 1.04 bits per heavy atom. The Kier molecular flexibility index (Phi) is 5.74. The van der Waals surface area contributed by atoms with Crippen molar-refractivity contribution in [2.75, 3.05) is 0 Å². The third-order valence-electron chi connectivity index (χ3n) is 8.46. The zero-order valence-corrected chi connectivity index (χ0v) is 24.2. The van der Waals surface area contributed by atoms with Crippen molar-refractivity contribution in [1.82, 2.24) is 24.5 Å². The highest BCUT2D eigenvalue weighted by atomic mass is 15.0. The van der Waals surface area contributed by atoms with E-state index in [1.807, 2.05) is 72.9 Å². The van der Waals surface area contributed by atoms with Gasteiger partial charge in [0.2, 0.25) is 0 Å². The molecule has 0 aliphatic heterocycles. The molecule has 5 nitrogen and oxygen atoms in total. The Labute approximate surface area is 259 Å². The normalized spacial score (nSPS) is 11.6. The summed E-state index contributed by atoms with van der Waals surface area (Å²) in [6.45, 7) is 0. The Balaban J connectivity index is 1.30. The van der Waals surface area contributed by atoms with Gasteiger partial charge in [0.05, 0.1) is 22.2 Å². The van der Waals surface area contributed by atoms with Gasteiger partial charge in [0.25, 0.3) is 0 Å². The summed E-state index contributed by atoms with van der Waals surface area (Å²) >= 11 is 0. The average Bonchev–Trinajstić information content (AvgIpc) is 3.45. The standard InChI is InChI=1S/C40H25N5/c1-3-11-28(12-4-1)38-42-39(29-13-5-2-6-14-29)44-40(43-38)30-22-23-34-32(25-30)31-17-7-8-18-33(31)45(34)35-19-9-15-26-20-21-27-16-10-24-41-37(27)36(26)35/h1-25H. The minimum atomic E-state index is 0.641. The highest BCUT2D eigenvalue weighted by Crippen LogP contribution is 2.38. The largest absolute Gasteiger partial charge is 0.309 e. The third-order valence-corrected chi connectivity index (χ3v) is 8.46. The third kappa shape index (κ3) is 4.17. The van der Waals surface area contributed by atoms with Gasteiger partial charge in [-0.05, 0) is 41.8 Å². The van der Waals surface area contributed by atoms with E-state index >= 15 is 0 Å². The number of pyridine rings is 1. The second kappa shape index (κ2) is 10.2. The fourth-order valence-electron chi connectivity index (χ4n) is 6.39. The van der Waals surface area contributed by atoms with Crippen molar-refractivity contribution in [3.63, 3.8) is 0 Å². The number of rotatable bonds is 4. The summed E-state index contributed by atoms with van der Waals surface area (Å²) < 4.78 is 2.36. The van der Waals surface area contributed by atoms with Crippen LogP contribution in [0.2, 0.25) is 0 Å². The van der Waals surface area contributed by atoms with E-state index in [0.29, 0.717) is 17.5 Å². The van der Waals surface area contributed by atoms with Gasteiger partial charge >= 0.3 is 0 Å². The van der Waals surface area contributed by atoms with Gasteiger partial charge in [-0.3, -0.25) is 4.98 Å². The molecule has 0 saturated carbocycles. The van der Waals surface area contributed by atoms with Crippen molar-refractivity contribution in [2.24, 2.45) is 0 Å². The minimum absolute atomic E-state index is 0.641. The fourth-order valence-corrected chi connectivity index (χ4v) is 6.39. The Morgan fingerprint density at radius 3 is 1.80 bits per heavy atom. The molecule has 0 aliphatic carbocycles. The molecule has 0 aliphatic rings. The predicted octanol–water partition coefficient (Wildman–Crippen LogP) is 9.67. The molecule has 3 aromatic heterocycles. The summed E-state index contributed by atoms with van der Waals surface area (Å²) in [5.41, 5.74) is 7.19. The smallest absolute Gasteiger partial charge is 0.164 e. The lowest BCUT2D eigenvalue weighted by molar-refractivity contribution is 1.07. The molecule has 3 heterocycles. The van der Waals surface area contributed by atoms with Gasteiger partial charge in [-0.25, -0.2) is 15.0 Å². The molecule has 9 aromatic rings. The summed E-state index contributed by atoms with van der Waals surface area (Å²) in [7, 11) is 0. The van der Waals surface area contributed by atoms with E-state index in [1.165, 1.54) is 5.39 Å². The summed E-state index contributed by atoms with van der Waals surface area (Å²) in [5, 5.41) is 5.73. The number of nitrogens with zero attached hydrogens (tertiary/aromatic N) is 5. The molecule has 0 saturated heterocycles. The van der Waals surface area contributed by atoms with Gasteiger partial charge in [-0.15, -0.1) is 0 Å². The Bertz CT molecular complexity index is 2480.